The van der Waals surface area contributed by atoms with Crippen molar-refractivity contribution in [3.8, 4) is 5.75 Å². The van der Waals surface area contributed by atoms with E-state index in [4.69, 9.17) is 9.47 Å². The van der Waals surface area contributed by atoms with E-state index in [9.17, 15) is 35.5 Å². The molecule has 40 heavy (non-hydrogen) atoms. The smallest absolute Gasteiger partial charge is 0.416 e. The highest BCUT2D eigenvalue weighted by molar-refractivity contribution is 5.78. The molecule has 0 aromatic heterocycles. The number of nitrogens with zero attached hydrogens (tertiary/aromatic N) is 1. The van der Waals surface area contributed by atoms with E-state index in [0.29, 0.717) is 48.5 Å². The molecule has 12 heteroatoms. The largest absolute Gasteiger partial charge is 0.496 e. The van der Waals surface area contributed by atoms with E-state index in [0.717, 1.165) is 11.1 Å². The van der Waals surface area contributed by atoms with Crippen molar-refractivity contribution in [1.82, 2.24) is 10.2 Å². The normalized spacial score (nSPS) is 20.4. The van der Waals surface area contributed by atoms with Crippen molar-refractivity contribution in [3.05, 3.63) is 69.5 Å². The number of nitrogens with one attached hydrogen (secondary N) is 1. The molecule has 0 bridgehead atoms. The first kappa shape index (κ1) is 29.7. The minimum absolute atomic E-state index is 0.0240. The van der Waals surface area contributed by atoms with Crippen LogP contribution in [0, 0.1) is 5.82 Å². The van der Waals surface area contributed by atoms with Crippen LogP contribution in [0.4, 0.5) is 35.5 Å². The number of amides is 1. The number of alkyl halides is 6. The van der Waals surface area contributed by atoms with E-state index in [1.165, 1.54) is 25.0 Å². The fraction of sp³-hybridized carbons (Fsp3) is 0.464. The third-order valence-corrected chi connectivity index (χ3v) is 7.29. The molecule has 4 rings (SSSR count). The van der Waals surface area contributed by atoms with Gasteiger partial charge >= 0.3 is 18.4 Å². The van der Waals surface area contributed by atoms with Crippen LogP contribution < -0.4 is 10.1 Å². The molecule has 218 valence electrons. The number of carbonyl (C=O) groups is 1. The van der Waals surface area contributed by atoms with Gasteiger partial charge in [0.25, 0.3) is 0 Å². The van der Waals surface area contributed by atoms with E-state index in [1.807, 2.05) is 13.8 Å². The molecule has 0 saturated carbocycles. The molecule has 5 nitrogen and oxygen atoms in total. The van der Waals surface area contributed by atoms with Gasteiger partial charge < -0.3 is 14.8 Å². The van der Waals surface area contributed by atoms with Crippen LogP contribution in [0.15, 0.2) is 35.9 Å². The van der Waals surface area contributed by atoms with Gasteiger partial charge in [-0.05, 0) is 72.3 Å². The van der Waals surface area contributed by atoms with Crippen LogP contribution in [-0.2, 0) is 17.1 Å². The number of benzene rings is 2. The van der Waals surface area contributed by atoms with Crippen molar-refractivity contribution in [2.75, 3.05) is 26.7 Å². The molecule has 0 aliphatic carbocycles. The van der Waals surface area contributed by atoms with Gasteiger partial charge in [0.1, 0.15) is 17.7 Å². The average Bonchev–Trinajstić information content (AvgIpc) is 3.15. The summed E-state index contributed by atoms with van der Waals surface area (Å²) in [7, 11) is 1.42. The third kappa shape index (κ3) is 5.91. The number of ether oxygens (including phenoxy) is 2. The zero-order chi connectivity index (χ0) is 29.6. The summed E-state index contributed by atoms with van der Waals surface area (Å²) in [6.45, 7) is 6.20. The minimum Gasteiger partial charge on any atom is -0.496 e. The number of methoxy groups -OCH3 is 1. The lowest BCUT2D eigenvalue weighted by Gasteiger charge is -2.28. The number of cyclic esters (lactones) is 1. The number of carbonyl (C=O) groups excluding carboxylic acids is 1. The summed E-state index contributed by atoms with van der Waals surface area (Å²) in [4.78, 5) is 14.2. The molecule has 1 saturated heterocycles. The first-order valence-electron chi connectivity index (χ1n) is 12.7. The second-order valence-corrected chi connectivity index (χ2v) is 10.2. The van der Waals surface area contributed by atoms with E-state index in [1.54, 1.807) is 6.07 Å². The highest BCUT2D eigenvalue weighted by atomic mass is 19.4. The van der Waals surface area contributed by atoms with E-state index >= 15 is 0 Å². The van der Waals surface area contributed by atoms with Gasteiger partial charge in [-0.3, -0.25) is 4.90 Å². The van der Waals surface area contributed by atoms with Crippen molar-refractivity contribution < 1.29 is 45.0 Å². The predicted octanol–water partition coefficient (Wildman–Crippen LogP) is 7.32. The summed E-state index contributed by atoms with van der Waals surface area (Å²) in [5.74, 6) is -0.231. The Hall–Kier alpha value is -3.28. The van der Waals surface area contributed by atoms with Gasteiger partial charge in [-0.2, -0.15) is 26.3 Å². The summed E-state index contributed by atoms with van der Waals surface area (Å²) < 4.78 is 106. The Balaban J connectivity index is 1.71. The summed E-state index contributed by atoms with van der Waals surface area (Å²) >= 11 is 0. The summed E-state index contributed by atoms with van der Waals surface area (Å²) in [6.07, 6.45) is -11.8. The van der Waals surface area contributed by atoms with Crippen LogP contribution in [0.5, 0.6) is 5.75 Å². The van der Waals surface area contributed by atoms with Gasteiger partial charge in [-0.1, -0.05) is 13.8 Å². The van der Waals surface area contributed by atoms with Gasteiger partial charge in [-0.25, -0.2) is 9.18 Å². The SMILES string of the molecule is COc1cc(F)c(C(C)C)cc1C1=C(CN2C(=O)O[C@H](c3cc(C(F)(F)F)cc(C(F)(F)F)c3)[C@@H]2C)CCNC1. The maximum Gasteiger partial charge on any atom is 0.416 e. The number of hydrogen-bond acceptors (Lipinski definition) is 4. The zero-order valence-corrected chi connectivity index (χ0v) is 22.3. The van der Waals surface area contributed by atoms with Crippen molar-refractivity contribution in [2.24, 2.45) is 0 Å². The molecule has 1 amide bonds. The van der Waals surface area contributed by atoms with Gasteiger partial charge in [-0.15, -0.1) is 0 Å². The fourth-order valence-electron chi connectivity index (χ4n) is 5.12. The molecule has 2 aromatic rings. The maximum atomic E-state index is 14.6. The van der Waals surface area contributed by atoms with Crippen LogP contribution >= 0.6 is 0 Å². The maximum absolute atomic E-state index is 14.6. The molecular formula is C28H29F7N2O3. The summed E-state index contributed by atoms with van der Waals surface area (Å²) in [6, 6.07) is 3.34. The molecule has 2 aromatic carbocycles. The van der Waals surface area contributed by atoms with Crippen LogP contribution in [0.1, 0.15) is 67.0 Å². The topological polar surface area (TPSA) is 50.8 Å². The van der Waals surface area contributed by atoms with Gasteiger partial charge in [0.15, 0.2) is 0 Å². The Kier molecular flexibility index (Phi) is 8.13. The molecular weight excluding hydrogens is 545 g/mol. The van der Waals surface area contributed by atoms with Gasteiger partial charge in [0, 0.05) is 24.7 Å². The molecule has 0 unspecified atom stereocenters. The number of halogens is 7. The Morgan fingerprint density at radius 2 is 1.68 bits per heavy atom. The number of rotatable bonds is 6. The second kappa shape index (κ2) is 10.9. The molecule has 2 heterocycles. The highest BCUT2D eigenvalue weighted by Crippen LogP contribution is 2.42. The number of hydrogen-bond donors (Lipinski definition) is 1. The van der Waals surface area contributed by atoms with Crippen molar-refractivity contribution in [2.45, 2.75) is 57.6 Å². The standard InChI is InChI=1S/C28H29F7N2O3/c1-14(2)20-10-21(24(39-4)11-23(20)29)22-12-36-6-5-16(22)13-37-15(3)25(40-26(37)38)17-7-18(27(30,31)32)9-19(8-17)28(33,34)35/h7-11,14-15,25,36H,5-6,12-13H2,1-4H3/t15-,25-/m0/s1. The lowest BCUT2D eigenvalue weighted by molar-refractivity contribution is -0.143. The first-order valence-corrected chi connectivity index (χ1v) is 12.7. The van der Waals surface area contributed by atoms with E-state index in [2.05, 4.69) is 5.32 Å². The predicted molar refractivity (Wildman–Crippen MR) is 133 cm³/mol. The Labute approximate surface area is 226 Å². The summed E-state index contributed by atoms with van der Waals surface area (Å²) in [5, 5.41) is 3.25. The quantitative estimate of drug-likeness (QED) is 0.368. The van der Waals surface area contributed by atoms with Crippen molar-refractivity contribution in [1.29, 1.82) is 0 Å². The Bertz CT molecular complexity index is 1290. The molecule has 1 N–H and O–H groups in total. The van der Waals surface area contributed by atoms with Crippen molar-refractivity contribution in [3.63, 3.8) is 0 Å². The molecule has 1 fully saturated rings. The third-order valence-electron chi connectivity index (χ3n) is 7.29. The Morgan fingerprint density at radius 3 is 2.23 bits per heavy atom. The fourth-order valence-corrected chi connectivity index (χ4v) is 5.12. The zero-order valence-electron chi connectivity index (χ0n) is 22.3. The van der Waals surface area contributed by atoms with Crippen LogP contribution in [0.2, 0.25) is 0 Å². The van der Waals surface area contributed by atoms with Crippen LogP contribution in [0.3, 0.4) is 0 Å². The molecule has 0 radical (unpaired) electrons. The molecule has 0 spiro atoms. The average molecular weight is 575 g/mol. The Morgan fingerprint density at radius 1 is 1.05 bits per heavy atom. The molecule has 2 aliphatic rings. The van der Waals surface area contributed by atoms with E-state index < -0.39 is 53.1 Å². The lowest BCUT2D eigenvalue weighted by Crippen LogP contribution is -2.36. The monoisotopic (exact) mass is 574 g/mol. The minimum atomic E-state index is -5.03. The van der Waals surface area contributed by atoms with Crippen LogP contribution in [-0.4, -0.2) is 43.8 Å². The highest BCUT2D eigenvalue weighted by Gasteiger charge is 2.43. The van der Waals surface area contributed by atoms with Gasteiger partial charge in [0.05, 0.1) is 24.3 Å². The lowest BCUT2D eigenvalue weighted by atomic mass is 9.90. The first-order chi connectivity index (χ1) is 18.6. The van der Waals surface area contributed by atoms with Gasteiger partial charge in [0.2, 0.25) is 0 Å². The molecule has 2 atom stereocenters. The molecule has 2 aliphatic heterocycles. The second-order valence-electron chi connectivity index (χ2n) is 10.2. The van der Waals surface area contributed by atoms with Crippen LogP contribution in [0.25, 0.3) is 5.57 Å². The van der Waals surface area contributed by atoms with E-state index in [-0.39, 0.29) is 18.5 Å². The summed E-state index contributed by atoms with van der Waals surface area (Å²) in [5.41, 5.74) is -0.675. The van der Waals surface area contributed by atoms with Crippen molar-refractivity contribution >= 4 is 11.7 Å².